The van der Waals surface area contributed by atoms with Crippen molar-refractivity contribution in [1.82, 2.24) is 0 Å². The van der Waals surface area contributed by atoms with E-state index in [2.05, 4.69) is 0 Å². The van der Waals surface area contributed by atoms with Gasteiger partial charge in [-0.3, -0.25) is 20.2 Å². The van der Waals surface area contributed by atoms with Gasteiger partial charge in [0.25, 0.3) is 0 Å². The van der Waals surface area contributed by atoms with Crippen LogP contribution in [0.15, 0.2) is 24.3 Å². The number of benzene rings is 1. The van der Waals surface area contributed by atoms with Crippen LogP contribution in [0.25, 0.3) is 0 Å². The maximum atomic E-state index is 11.0. The Morgan fingerprint density at radius 3 is 2.19 bits per heavy atom. The number of phenols is 1. The summed E-state index contributed by atoms with van der Waals surface area (Å²) in [5.41, 5.74) is 0.822. The minimum Gasteiger partial charge on any atom is -0.508 e. The molecular weight excluding hydrogens is 276 g/mol. The number of phenolic OH excluding ortho intramolecular Hbond substituents is 1. The molecule has 0 aliphatic carbocycles. The highest BCUT2D eigenvalue weighted by atomic mass is 16.6. The largest absolute Gasteiger partial charge is 0.508 e. The second-order valence-corrected chi connectivity index (χ2v) is 5.07. The molecule has 21 heavy (non-hydrogen) atoms. The van der Waals surface area contributed by atoms with E-state index in [4.69, 9.17) is 0 Å². The maximum Gasteiger partial charge on any atom is 0.217 e. The van der Waals surface area contributed by atoms with Gasteiger partial charge in [0.2, 0.25) is 12.6 Å². The standard InChI is InChI=1S/C14H20N2O5/c17-14-8-6-12(7-9-14)11-13(16(20)21)5-3-1-2-4-10-15(18)19/h6-9,13,17H,1-5,10-11H2. The van der Waals surface area contributed by atoms with E-state index in [0.717, 1.165) is 18.4 Å². The first kappa shape index (κ1) is 16.9. The Hall–Kier alpha value is -2.18. The summed E-state index contributed by atoms with van der Waals surface area (Å²) in [4.78, 5) is 20.6. The fourth-order valence-corrected chi connectivity index (χ4v) is 2.16. The van der Waals surface area contributed by atoms with Gasteiger partial charge in [0, 0.05) is 29.1 Å². The third-order valence-electron chi connectivity index (χ3n) is 3.33. The Bertz CT molecular complexity index is 461. The van der Waals surface area contributed by atoms with Gasteiger partial charge in [0.1, 0.15) is 5.75 Å². The van der Waals surface area contributed by atoms with E-state index >= 15 is 0 Å². The average molecular weight is 296 g/mol. The summed E-state index contributed by atoms with van der Waals surface area (Å²) < 4.78 is 0. The molecule has 1 aromatic carbocycles. The molecule has 0 amide bonds. The third-order valence-corrected chi connectivity index (χ3v) is 3.33. The second-order valence-electron chi connectivity index (χ2n) is 5.07. The predicted octanol–water partition coefficient (Wildman–Crippen LogP) is 2.81. The number of hydrogen-bond donors (Lipinski definition) is 1. The van der Waals surface area contributed by atoms with Crippen LogP contribution in [0, 0.1) is 20.2 Å². The smallest absolute Gasteiger partial charge is 0.217 e. The van der Waals surface area contributed by atoms with Gasteiger partial charge in [-0.05, 0) is 30.5 Å². The molecule has 1 aromatic rings. The third kappa shape index (κ3) is 7.24. The van der Waals surface area contributed by atoms with E-state index in [1.165, 1.54) is 12.1 Å². The van der Waals surface area contributed by atoms with Crippen molar-refractivity contribution < 1.29 is 15.0 Å². The van der Waals surface area contributed by atoms with Gasteiger partial charge in [0.05, 0.1) is 0 Å². The van der Waals surface area contributed by atoms with E-state index in [1.54, 1.807) is 12.1 Å². The van der Waals surface area contributed by atoms with Crippen LogP contribution in [-0.2, 0) is 6.42 Å². The summed E-state index contributed by atoms with van der Waals surface area (Å²) in [6, 6.07) is 5.75. The summed E-state index contributed by atoms with van der Waals surface area (Å²) in [5, 5.41) is 30.4. The molecule has 0 saturated carbocycles. The van der Waals surface area contributed by atoms with Crippen molar-refractivity contribution in [2.75, 3.05) is 6.54 Å². The molecule has 0 aliphatic heterocycles. The molecule has 0 aliphatic rings. The highest BCUT2D eigenvalue weighted by molar-refractivity contribution is 5.26. The van der Waals surface area contributed by atoms with Crippen LogP contribution in [0.5, 0.6) is 5.75 Å². The molecule has 7 heteroatoms. The zero-order valence-corrected chi connectivity index (χ0v) is 11.8. The lowest BCUT2D eigenvalue weighted by atomic mass is 10.0. The summed E-state index contributed by atoms with van der Waals surface area (Å²) >= 11 is 0. The molecule has 116 valence electrons. The minimum absolute atomic E-state index is 0.0355. The van der Waals surface area contributed by atoms with Crippen LogP contribution in [0.1, 0.15) is 37.7 Å². The van der Waals surface area contributed by atoms with Crippen molar-refractivity contribution >= 4 is 0 Å². The number of hydrogen-bond acceptors (Lipinski definition) is 5. The molecule has 0 bridgehead atoms. The molecule has 1 N–H and O–H groups in total. The van der Waals surface area contributed by atoms with Crippen molar-refractivity contribution in [1.29, 1.82) is 0 Å². The predicted molar refractivity (Wildman–Crippen MR) is 77.5 cm³/mol. The van der Waals surface area contributed by atoms with Crippen LogP contribution < -0.4 is 0 Å². The second kappa shape index (κ2) is 8.89. The molecule has 7 nitrogen and oxygen atoms in total. The zero-order valence-electron chi connectivity index (χ0n) is 11.8. The first-order valence-corrected chi connectivity index (χ1v) is 7.02. The lowest BCUT2D eigenvalue weighted by Gasteiger charge is -2.09. The minimum atomic E-state index is -0.648. The van der Waals surface area contributed by atoms with Crippen molar-refractivity contribution in [3.8, 4) is 5.75 Å². The zero-order chi connectivity index (χ0) is 15.7. The van der Waals surface area contributed by atoms with E-state index in [1.807, 2.05) is 0 Å². The summed E-state index contributed by atoms with van der Waals surface area (Å²) in [6.45, 7) is -0.0355. The molecule has 0 fully saturated rings. The van der Waals surface area contributed by atoms with Gasteiger partial charge in [-0.15, -0.1) is 0 Å². The molecule has 0 saturated heterocycles. The fourth-order valence-electron chi connectivity index (χ4n) is 2.16. The molecule has 0 heterocycles. The van der Waals surface area contributed by atoms with Crippen molar-refractivity contribution in [2.24, 2.45) is 0 Å². The molecule has 0 radical (unpaired) electrons. The van der Waals surface area contributed by atoms with Gasteiger partial charge in [-0.1, -0.05) is 18.6 Å². The van der Waals surface area contributed by atoms with Crippen LogP contribution in [0.2, 0.25) is 0 Å². The summed E-state index contributed by atoms with van der Waals surface area (Å²) in [7, 11) is 0. The molecule has 1 rings (SSSR count). The lowest BCUT2D eigenvalue weighted by molar-refractivity contribution is -0.523. The van der Waals surface area contributed by atoms with Gasteiger partial charge in [-0.2, -0.15) is 0 Å². The maximum absolute atomic E-state index is 11.0. The SMILES string of the molecule is O=[N+]([O-])CCCCCCC(Cc1ccc(O)cc1)[N+](=O)[O-]. The van der Waals surface area contributed by atoms with E-state index < -0.39 is 6.04 Å². The lowest BCUT2D eigenvalue weighted by Crippen LogP contribution is -2.22. The Kier molecular flexibility index (Phi) is 7.14. The molecule has 0 aromatic heterocycles. The first-order valence-electron chi connectivity index (χ1n) is 7.02. The number of rotatable bonds is 10. The molecule has 0 spiro atoms. The van der Waals surface area contributed by atoms with Gasteiger partial charge in [-0.25, -0.2) is 0 Å². The fraction of sp³-hybridized carbons (Fsp3) is 0.571. The van der Waals surface area contributed by atoms with Crippen molar-refractivity contribution in [3.05, 3.63) is 50.1 Å². The Morgan fingerprint density at radius 1 is 1.00 bits per heavy atom. The van der Waals surface area contributed by atoms with Crippen LogP contribution in [0.4, 0.5) is 0 Å². The first-order chi connectivity index (χ1) is 9.99. The van der Waals surface area contributed by atoms with Gasteiger partial charge >= 0.3 is 0 Å². The quantitative estimate of drug-likeness (QED) is 0.406. The number of unbranched alkanes of at least 4 members (excludes halogenated alkanes) is 3. The van der Waals surface area contributed by atoms with Gasteiger partial charge in [0.15, 0.2) is 0 Å². The topological polar surface area (TPSA) is 107 Å². The van der Waals surface area contributed by atoms with E-state index in [-0.39, 0.29) is 22.1 Å². The number of aromatic hydroxyl groups is 1. The molecular formula is C14H20N2O5. The molecule has 1 unspecified atom stereocenters. The Balaban J connectivity index is 2.32. The summed E-state index contributed by atoms with van der Waals surface area (Å²) in [6.07, 6.45) is 3.52. The number of nitrogens with zero attached hydrogens (tertiary/aromatic N) is 2. The van der Waals surface area contributed by atoms with E-state index in [9.17, 15) is 25.3 Å². The summed E-state index contributed by atoms with van der Waals surface area (Å²) in [5.74, 6) is 0.141. The van der Waals surface area contributed by atoms with E-state index in [0.29, 0.717) is 25.7 Å². The Morgan fingerprint density at radius 2 is 1.62 bits per heavy atom. The highest BCUT2D eigenvalue weighted by Crippen LogP contribution is 2.16. The monoisotopic (exact) mass is 296 g/mol. The van der Waals surface area contributed by atoms with Crippen molar-refractivity contribution in [2.45, 2.75) is 44.6 Å². The van der Waals surface area contributed by atoms with Crippen LogP contribution in [0.3, 0.4) is 0 Å². The number of nitro groups is 2. The van der Waals surface area contributed by atoms with Crippen molar-refractivity contribution in [3.63, 3.8) is 0 Å². The highest BCUT2D eigenvalue weighted by Gasteiger charge is 2.20. The Labute approximate surface area is 122 Å². The molecule has 1 atom stereocenters. The normalized spacial score (nSPS) is 12.0. The van der Waals surface area contributed by atoms with Gasteiger partial charge < -0.3 is 5.11 Å². The van der Waals surface area contributed by atoms with Crippen LogP contribution >= 0.6 is 0 Å². The average Bonchev–Trinajstić information content (AvgIpc) is 2.42. The van der Waals surface area contributed by atoms with Crippen LogP contribution in [-0.4, -0.2) is 27.5 Å².